The molecule has 0 spiro atoms. The van der Waals surface area contributed by atoms with Crippen LogP contribution in [0.5, 0.6) is 0 Å². The normalized spacial score (nSPS) is 17.8. The Balaban J connectivity index is 2.30. The quantitative estimate of drug-likeness (QED) is 0.856. The predicted octanol–water partition coefficient (Wildman–Crippen LogP) is 0.882. The minimum Gasteiger partial charge on any atom is -0.501 e. The monoisotopic (exact) mass is 258 g/mol. The molecule has 1 aromatic rings. The molecule has 5 nitrogen and oxygen atoms in total. The van der Waals surface area contributed by atoms with Crippen molar-refractivity contribution in [2.24, 2.45) is 12.8 Å². The van der Waals surface area contributed by atoms with Crippen LogP contribution in [-0.2, 0) is 11.8 Å². The van der Waals surface area contributed by atoms with Gasteiger partial charge in [0, 0.05) is 13.5 Å². The molecule has 76 valence electrons. The molecule has 0 aliphatic carbocycles. The molecule has 0 saturated carbocycles. The van der Waals surface area contributed by atoms with Crippen LogP contribution in [-0.4, -0.2) is 21.6 Å². The van der Waals surface area contributed by atoms with E-state index in [0.717, 1.165) is 17.7 Å². The summed E-state index contributed by atoms with van der Waals surface area (Å²) in [7, 11) is 1.82. The van der Waals surface area contributed by atoms with Crippen molar-refractivity contribution in [2.45, 2.75) is 12.5 Å². The fourth-order valence-electron chi connectivity index (χ4n) is 1.47. The molecule has 2 N–H and O–H groups in total. The molecule has 6 heteroatoms. The Morgan fingerprint density at radius 1 is 1.71 bits per heavy atom. The van der Waals surface area contributed by atoms with Crippen molar-refractivity contribution < 1.29 is 4.74 Å². The Morgan fingerprint density at radius 2 is 2.50 bits per heavy atom. The van der Waals surface area contributed by atoms with Gasteiger partial charge in [-0.2, -0.15) is 0 Å². The second kappa shape index (κ2) is 3.70. The predicted molar refractivity (Wildman–Crippen MR) is 54.3 cm³/mol. The van der Waals surface area contributed by atoms with E-state index in [1.54, 1.807) is 10.9 Å². The lowest BCUT2D eigenvalue weighted by atomic mass is 10.1. The highest BCUT2D eigenvalue weighted by molar-refractivity contribution is 9.10. The number of nitrogens with zero attached hydrogens (tertiary/aromatic N) is 3. The Hall–Kier alpha value is -0.880. The van der Waals surface area contributed by atoms with E-state index in [4.69, 9.17) is 10.5 Å². The second-order valence-corrected chi connectivity index (χ2v) is 3.93. The van der Waals surface area contributed by atoms with Gasteiger partial charge in [-0.25, -0.2) is 4.68 Å². The van der Waals surface area contributed by atoms with Gasteiger partial charge in [0.05, 0.1) is 24.6 Å². The molecule has 0 fully saturated rings. The number of aryl methyl sites for hydroxylation is 1. The Morgan fingerprint density at radius 3 is 3.00 bits per heavy atom. The van der Waals surface area contributed by atoms with Crippen LogP contribution >= 0.6 is 15.9 Å². The summed E-state index contributed by atoms with van der Waals surface area (Å²) in [5.74, 6) is 0. The third kappa shape index (κ3) is 1.55. The van der Waals surface area contributed by atoms with Crippen LogP contribution in [0.4, 0.5) is 0 Å². The first kappa shape index (κ1) is 9.67. The molecular formula is C8H11BrN4O. The number of nitrogens with two attached hydrogens (primary N) is 1. The highest BCUT2D eigenvalue weighted by Gasteiger charge is 2.22. The number of halogens is 1. The van der Waals surface area contributed by atoms with Crippen LogP contribution in [0.3, 0.4) is 0 Å². The van der Waals surface area contributed by atoms with Crippen LogP contribution in [0.1, 0.15) is 18.2 Å². The molecule has 2 heterocycles. The first-order chi connectivity index (χ1) is 6.70. The molecule has 1 aliphatic rings. The first-order valence-electron chi connectivity index (χ1n) is 4.31. The molecule has 14 heavy (non-hydrogen) atoms. The molecule has 0 saturated heterocycles. The van der Waals surface area contributed by atoms with Crippen molar-refractivity contribution in [3.8, 4) is 0 Å². The van der Waals surface area contributed by atoms with Gasteiger partial charge in [-0.1, -0.05) is 5.21 Å². The van der Waals surface area contributed by atoms with E-state index in [-0.39, 0.29) is 6.04 Å². The standard InChI is InChI=1S/C8H11BrN4O/c1-13-7(8(9)11-12-13)6(10)5-2-3-14-4-5/h4,6H,2-3,10H2,1H3. The Labute approximate surface area is 90.0 Å². The smallest absolute Gasteiger partial charge is 0.153 e. The van der Waals surface area contributed by atoms with Gasteiger partial charge in [-0.15, -0.1) is 5.10 Å². The number of ether oxygens (including phenoxy) is 1. The summed E-state index contributed by atoms with van der Waals surface area (Å²) in [6, 6.07) is -0.188. The van der Waals surface area contributed by atoms with Crippen molar-refractivity contribution >= 4 is 15.9 Å². The third-order valence-corrected chi connectivity index (χ3v) is 2.83. The molecule has 0 aromatic carbocycles. The van der Waals surface area contributed by atoms with E-state index in [9.17, 15) is 0 Å². The lowest BCUT2D eigenvalue weighted by Crippen LogP contribution is -2.17. The summed E-state index contributed by atoms with van der Waals surface area (Å²) in [4.78, 5) is 0. The van der Waals surface area contributed by atoms with Gasteiger partial charge in [0.1, 0.15) is 0 Å². The van der Waals surface area contributed by atoms with Gasteiger partial charge in [0.25, 0.3) is 0 Å². The van der Waals surface area contributed by atoms with E-state index in [2.05, 4.69) is 26.2 Å². The molecule has 1 aliphatic heterocycles. The summed E-state index contributed by atoms with van der Waals surface area (Å²) in [5.41, 5.74) is 8.02. The summed E-state index contributed by atoms with van der Waals surface area (Å²) >= 11 is 3.32. The van der Waals surface area contributed by atoms with Crippen LogP contribution in [0.2, 0.25) is 0 Å². The van der Waals surface area contributed by atoms with Crippen molar-refractivity contribution in [3.05, 3.63) is 22.1 Å². The number of aromatic nitrogens is 3. The molecule has 1 unspecified atom stereocenters. The highest BCUT2D eigenvalue weighted by Crippen LogP contribution is 2.28. The van der Waals surface area contributed by atoms with Gasteiger partial charge in [-0.3, -0.25) is 0 Å². The molecule has 0 radical (unpaired) electrons. The topological polar surface area (TPSA) is 66.0 Å². The van der Waals surface area contributed by atoms with Crippen LogP contribution in [0.15, 0.2) is 16.4 Å². The Kier molecular flexibility index (Phi) is 2.56. The average Bonchev–Trinajstić information content (AvgIpc) is 2.75. The zero-order chi connectivity index (χ0) is 10.1. The summed E-state index contributed by atoms with van der Waals surface area (Å²) < 4.78 is 7.52. The maximum Gasteiger partial charge on any atom is 0.153 e. The zero-order valence-corrected chi connectivity index (χ0v) is 9.36. The molecule has 0 amide bonds. The average molecular weight is 259 g/mol. The van der Waals surface area contributed by atoms with Crippen LogP contribution in [0.25, 0.3) is 0 Å². The summed E-state index contributed by atoms with van der Waals surface area (Å²) in [5, 5.41) is 7.77. The molecule has 0 bridgehead atoms. The van der Waals surface area contributed by atoms with Gasteiger partial charge in [0.2, 0.25) is 0 Å². The summed E-state index contributed by atoms with van der Waals surface area (Å²) in [6.45, 7) is 0.714. The number of hydrogen-bond donors (Lipinski definition) is 1. The zero-order valence-electron chi connectivity index (χ0n) is 7.77. The van der Waals surface area contributed by atoms with Crippen LogP contribution in [0, 0.1) is 0 Å². The van der Waals surface area contributed by atoms with E-state index in [1.807, 2.05) is 7.05 Å². The minimum absolute atomic E-state index is 0.188. The van der Waals surface area contributed by atoms with E-state index >= 15 is 0 Å². The number of rotatable bonds is 2. The third-order valence-electron chi connectivity index (χ3n) is 2.26. The number of hydrogen-bond acceptors (Lipinski definition) is 4. The van der Waals surface area contributed by atoms with E-state index in [0.29, 0.717) is 11.2 Å². The van der Waals surface area contributed by atoms with E-state index < -0.39 is 0 Å². The molecule has 2 rings (SSSR count). The highest BCUT2D eigenvalue weighted by atomic mass is 79.9. The SMILES string of the molecule is Cn1nnc(Br)c1C(N)C1=COCC1. The molecule has 1 aromatic heterocycles. The lowest BCUT2D eigenvalue weighted by Gasteiger charge is -2.11. The largest absolute Gasteiger partial charge is 0.501 e. The van der Waals surface area contributed by atoms with Gasteiger partial charge >= 0.3 is 0 Å². The van der Waals surface area contributed by atoms with Gasteiger partial charge in [0.15, 0.2) is 4.60 Å². The lowest BCUT2D eigenvalue weighted by molar-refractivity contribution is 0.281. The van der Waals surface area contributed by atoms with Crippen molar-refractivity contribution in [3.63, 3.8) is 0 Å². The maximum atomic E-state index is 6.07. The minimum atomic E-state index is -0.188. The van der Waals surface area contributed by atoms with E-state index in [1.165, 1.54) is 0 Å². The van der Waals surface area contributed by atoms with Gasteiger partial charge < -0.3 is 10.5 Å². The van der Waals surface area contributed by atoms with Crippen molar-refractivity contribution in [1.29, 1.82) is 0 Å². The second-order valence-electron chi connectivity index (χ2n) is 3.18. The Bertz CT molecular complexity index is 354. The van der Waals surface area contributed by atoms with Crippen molar-refractivity contribution in [1.82, 2.24) is 15.0 Å². The molecular weight excluding hydrogens is 248 g/mol. The van der Waals surface area contributed by atoms with Gasteiger partial charge in [-0.05, 0) is 21.5 Å². The van der Waals surface area contributed by atoms with Crippen molar-refractivity contribution in [2.75, 3.05) is 6.61 Å². The first-order valence-corrected chi connectivity index (χ1v) is 5.10. The molecule has 1 atom stereocenters. The summed E-state index contributed by atoms with van der Waals surface area (Å²) in [6.07, 6.45) is 2.60. The fourth-order valence-corrected chi connectivity index (χ4v) is 2.05. The van der Waals surface area contributed by atoms with Crippen LogP contribution < -0.4 is 5.73 Å². The fraction of sp³-hybridized carbons (Fsp3) is 0.500. The maximum absolute atomic E-state index is 6.07.